The second-order valence-corrected chi connectivity index (χ2v) is 6.68. The first kappa shape index (κ1) is 16.6. The second kappa shape index (κ2) is 7.99. The SMILES string of the molecule is O=C(Nc1ccc(CN2CCOCC2)c(Cl)c1)NC1CCCC1. The Morgan fingerprint density at radius 1 is 1.26 bits per heavy atom. The van der Waals surface area contributed by atoms with E-state index in [9.17, 15) is 4.79 Å². The van der Waals surface area contributed by atoms with Crippen LogP contribution in [0.2, 0.25) is 5.02 Å². The lowest BCUT2D eigenvalue weighted by Crippen LogP contribution is -2.36. The Balaban J connectivity index is 1.54. The van der Waals surface area contributed by atoms with Crippen LogP contribution in [0, 0.1) is 0 Å². The molecule has 2 amide bonds. The molecule has 1 aliphatic carbocycles. The fraction of sp³-hybridized carbons (Fsp3) is 0.588. The maximum atomic E-state index is 12.0. The van der Waals surface area contributed by atoms with Crippen molar-refractivity contribution >= 4 is 23.3 Å². The third kappa shape index (κ3) is 4.83. The minimum absolute atomic E-state index is 0.145. The minimum atomic E-state index is -0.145. The summed E-state index contributed by atoms with van der Waals surface area (Å²) >= 11 is 6.37. The molecule has 3 rings (SSSR count). The lowest BCUT2D eigenvalue weighted by molar-refractivity contribution is 0.0342. The molecule has 1 aromatic carbocycles. The van der Waals surface area contributed by atoms with Gasteiger partial charge in [0.25, 0.3) is 0 Å². The first-order valence-electron chi connectivity index (χ1n) is 8.37. The van der Waals surface area contributed by atoms with Crippen molar-refractivity contribution in [3.05, 3.63) is 28.8 Å². The molecule has 6 heteroatoms. The highest BCUT2D eigenvalue weighted by Gasteiger charge is 2.17. The molecule has 126 valence electrons. The van der Waals surface area contributed by atoms with Gasteiger partial charge < -0.3 is 15.4 Å². The number of carbonyl (C=O) groups excluding carboxylic acids is 1. The Morgan fingerprint density at radius 2 is 2.00 bits per heavy atom. The van der Waals surface area contributed by atoms with Crippen LogP contribution < -0.4 is 10.6 Å². The first-order chi connectivity index (χ1) is 11.2. The molecule has 1 saturated carbocycles. The van der Waals surface area contributed by atoms with E-state index in [1.807, 2.05) is 18.2 Å². The zero-order chi connectivity index (χ0) is 16.1. The van der Waals surface area contributed by atoms with Crippen LogP contribution in [0.1, 0.15) is 31.2 Å². The van der Waals surface area contributed by atoms with Crippen molar-refractivity contribution in [2.75, 3.05) is 31.6 Å². The topological polar surface area (TPSA) is 53.6 Å². The molecule has 0 spiro atoms. The number of morpholine rings is 1. The van der Waals surface area contributed by atoms with E-state index in [4.69, 9.17) is 16.3 Å². The molecule has 1 saturated heterocycles. The van der Waals surface area contributed by atoms with Crippen LogP contribution in [0.3, 0.4) is 0 Å². The number of ether oxygens (including phenoxy) is 1. The molecule has 1 aliphatic heterocycles. The van der Waals surface area contributed by atoms with E-state index >= 15 is 0 Å². The average Bonchev–Trinajstić information content (AvgIpc) is 3.04. The molecule has 0 bridgehead atoms. The predicted molar refractivity (Wildman–Crippen MR) is 92.0 cm³/mol. The van der Waals surface area contributed by atoms with Crippen molar-refractivity contribution in [2.45, 2.75) is 38.3 Å². The molecule has 2 fully saturated rings. The van der Waals surface area contributed by atoms with E-state index in [-0.39, 0.29) is 6.03 Å². The molecule has 5 nitrogen and oxygen atoms in total. The number of urea groups is 1. The highest BCUT2D eigenvalue weighted by molar-refractivity contribution is 6.31. The Kier molecular flexibility index (Phi) is 5.75. The summed E-state index contributed by atoms with van der Waals surface area (Å²) in [6.07, 6.45) is 4.55. The molecule has 1 heterocycles. The van der Waals surface area contributed by atoms with E-state index in [1.165, 1.54) is 12.8 Å². The number of nitrogens with zero attached hydrogens (tertiary/aromatic N) is 1. The molecule has 23 heavy (non-hydrogen) atoms. The fourth-order valence-corrected chi connectivity index (χ4v) is 3.42. The van der Waals surface area contributed by atoms with E-state index in [0.717, 1.165) is 56.9 Å². The summed E-state index contributed by atoms with van der Waals surface area (Å²) in [4.78, 5) is 14.3. The van der Waals surface area contributed by atoms with Gasteiger partial charge in [0.2, 0.25) is 0 Å². The van der Waals surface area contributed by atoms with Crippen molar-refractivity contribution in [3.63, 3.8) is 0 Å². The Hall–Kier alpha value is -1.30. The van der Waals surface area contributed by atoms with Crippen molar-refractivity contribution in [2.24, 2.45) is 0 Å². The maximum Gasteiger partial charge on any atom is 0.319 e. The Labute approximate surface area is 142 Å². The molecule has 0 atom stereocenters. The summed E-state index contributed by atoms with van der Waals surface area (Å²) in [5.74, 6) is 0. The summed E-state index contributed by atoms with van der Waals surface area (Å²) in [6, 6.07) is 5.89. The third-order valence-electron chi connectivity index (χ3n) is 4.50. The van der Waals surface area contributed by atoms with Gasteiger partial charge in [0.15, 0.2) is 0 Å². The summed E-state index contributed by atoms with van der Waals surface area (Å²) in [5, 5.41) is 6.57. The summed E-state index contributed by atoms with van der Waals surface area (Å²) in [6.45, 7) is 4.23. The van der Waals surface area contributed by atoms with Gasteiger partial charge in [-0.1, -0.05) is 30.5 Å². The third-order valence-corrected chi connectivity index (χ3v) is 4.85. The lowest BCUT2D eigenvalue weighted by Gasteiger charge is -2.27. The molecular formula is C17H24ClN3O2. The number of anilines is 1. The second-order valence-electron chi connectivity index (χ2n) is 6.27. The van der Waals surface area contributed by atoms with Crippen LogP contribution >= 0.6 is 11.6 Å². The van der Waals surface area contributed by atoms with Gasteiger partial charge in [0, 0.05) is 36.4 Å². The van der Waals surface area contributed by atoms with Gasteiger partial charge in [-0.3, -0.25) is 4.90 Å². The van der Waals surface area contributed by atoms with E-state index in [0.29, 0.717) is 11.1 Å². The van der Waals surface area contributed by atoms with Crippen molar-refractivity contribution in [1.29, 1.82) is 0 Å². The van der Waals surface area contributed by atoms with Crippen LogP contribution in [0.15, 0.2) is 18.2 Å². The summed E-state index contributed by atoms with van der Waals surface area (Å²) in [5.41, 5.74) is 1.81. The standard InChI is InChI=1S/C17H24ClN3O2/c18-16-11-15(20-17(22)19-14-3-1-2-4-14)6-5-13(16)12-21-7-9-23-10-8-21/h5-6,11,14H,1-4,7-10,12H2,(H2,19,20,22). The normalized spacial score (nSPS) is 19.7. The van der Waals surface area contributed by atoms with E-state index in [1.54, 1.807) is 0 Å². The number of hydrogen-bond acceptors (Lipinski definition) is 3. The molecule has 2 N–H and O–H groups in total. The van der Waals surface area contributed by atoms with Crippen LogP contribution in [0.5, 0.6) is 0 Å². The zero-order valence-electron chi connectivity index (χ0n) is 13.3. The quantitative estimate of drug-likeness (QED) is 0.886. The van der Waals surface area contributed by atoms with Gasteiger partial charge in [0.05, 0.1) is 13.2 Å². The molecule has 0 radical (unpaired) electrons. The van der Waals surface area contributed by atoms with E-state index < -0.39 is 0 Å². The van der Waals surface area contributed by atoms with Gasteiger partial charge in [-0.15, -0.1) is 0 Å². The van der Waals surface area contributed by atoms with Gasteiger partial charge in [-0.05, 0) is 30.5 Å². The Morgan fingerprint density at radius 3 is 2.70 bits per heavy atom. The predicted octanol–water partition coefficient (Wildman–Crippen LogP) is 3.24. The zero-order valence-corrected chi connectivity index (χ0v) is 14.1. The number of nitrogens with one attached hydrogen (secondary N) is 2. The molecule has 0 aromatic heterocycles. The maximum absolute atomic E-state index is 12.0. The smallest absolute Gasteiger partial charge is 0.319 e. The van der Waals surface area contributed by atoms with Gasteiger partial charge in [-0.25, -0.2) is 4.79 Å². The van der Waals surface area contributed by atoms with Crippen LogP contribution in [0.25, 0.3) is 0 Å². The lowest BCUT2D eigenvalue weighted by atomic mass is 10.2. The first-order valence-corrected chi connectivity index (χ1v) is 8.74. The number of carbonyl (C=O) groups is 1. The average molecular weight is 338 g/mol. The largest absolute Gasteiger partial charge is 0.379 e. The summed E-state index contributed by atoms with van der Waals surface area (Å²) < 4.78 is 5.36. The van der Waals surface area contributed by atoms with Crippen molar-refractivity contribution in [1.82, 2.24) is 10.2 Å². The Bertz CT molecular complexity index is 541. The van der Waals surface area contributed by atoms with Crippen LogP contribution in [-0.2, 0) is 11.3 Å². The molecule has 1 aromatic rings. The monoisotopic (exact) mass is 337 g/mol. The van der Waals surface area contributed by atoms with E-state index in [2.05, 4.69) is 15.5 Å². The number of amides is 2. The number of rotatable bonds is 4. The number of hydrogen-bond donors (Lipinski definition) is 2. The number of halogens is 1. The summed E-state index contributed by atoms with van der Waals surface area (Å²) in [7, 11) is 0. The van der Waals surface area contributed by atoms with Gasteiger partial charge >= 0.3 is 6.03 Å². The van der Waals surface area contributed by atoms with Gasteiger partial charge in [0.1, 0.15) is 0 Å². The van der Waals surface area contributed by atoms with Crippen molar-refractivity contribution < 1.29 is 9.53 Å². The van der Waals surface area contributed by atoms with Crippen LogP contribution in [-0.4, -0.2) is 43.3 Å². The molecule has 2 aliphatic rings. The van der Waals surface area contributed by atoms with Crippen molar-refractivity contribution in [3.8, 4) is 0 Å². The minimum Gasteiger partial charge on any atom is -0.379 e. The van der Waals surface area contributed by atoms with Crippen LogP contribution in [0.4, 0.5) is 10.5 Å². The highest BCUT2D eigenvalue weighted by Crippen LogP contribution is 2.23. The highest BCUT2D eigenvalue weighted by atomic mass is 35.5. The number of benzene rings is 1. The molecule has 0 unspecified atom stereocenters. The molecular weight excluding hydrogens is 314 g/mol. The fourth-order valence-electron chi connectivity index (χ4n) is 3.18. The van der Waals surface area contributed by atoms with Gasteiger partial charge in [-0.2, -0.15) is 0 Å².